The fourth-order valence-corrected chi connectivity index (χ4v) is 3.95. The first-order valence-electron chi connectivity index (χ1n) is 8.44. The highest BCUT2D eigenvalue weighted by Gasteiger charge is 2.20. The molecule has 0 saturated heterocycles. The topological polar surface area (TPSA) is 17.0 Å². The second-order valence-electron chi connectivity index (χ2n) is 6.72. The lowest BCUT2D eigenvalue weighted by atomic mass is 9.84. The molecule has 0 amide bonds. The van der Waals surface area contributed by atoms with Gasteiger partial charge in [0, 0.05) is 36.2 Å². The minimum absolute atomic E-state index is 0.628. The maximum atomic E-state index is 3.79. The van der Waals surface area contributed by atoms with Crippen LogP contribution in [-0.2, 0) is 13.6 Å². The Balaban J connectivity index is 1.73. The molecule has 0 spiro atoms. The standard InChI is InChI=1S/C19H28N2/c1-14-17-11-7-8-12-18(17)21(3)19(14)13-20-15(2)16-9-5-4-6-10-16/h7-8,11-12,15-16,20H,4-6,9-10,13H2,1-3H3/t15-/m0/s1. The molecule has 0 bridgehead atoms. The van der Waals surface area contributed by atoms with Crippen molar-refractivity contribution in [3.8, 4) is 0 Å². The van der Waals surface area contributed by atoms with Crippen LogP contribution in [0.15, 0.2) is 24.3 Å². The summed E-state index contributed by atoms with van der Waals surface area (Å²) in [6, 6.07) is 9.35. The number of rotatable bonds is 4. The van der Waals surface area contributed by atoms with E-state index in [0.717, 1.165) is 12.5 Å². The molecule has 1 aliphatic rings. The molecule has 2 aromatic rings. The van der Waals surface area contributed by atoms with Gasteiger partial charge in [0.1, 0.15) is 0 Å². The summed E-state index contributed by atoms with van der Waals surface area (Å²) >= 11 is 0. The summed E-state index contributed by atoms with van der Waals surface area (Å²) in [6.07, 6.45) is 7.09. The van der Waals surface area contributed by atoms with Gasteiger partial charge in [-0.2, -0.15) is 0 Å². The molecule has 0 radical (unpaired) electrons. The van der Waals surface area contributed by atoms with Crippen molar-refractivity contribution < 1.29 is 0 Å². The maximum Gasteiger partial charge on any atom is 0.0483 e. The summed E-state index contributed by atoms with van der Waals surface area (Å²) < 4.78 is 2.35. The predicted octanol–water partition coefficient (Wildman–Crippen LogP) is 4.55. The lowest BCUT2D eigenvalue weighted by molar-refractivity contribution is 0.279. The monoisotopic (exact) mass is 284 g/mol. The van der Waals surface area contributed by atoms with Crippen LogP contribution in [0.5, 0.6) is 0 Å². The van der Waals surface area contributed by atoms with Crippen LogP contribution < -0.4 is 5.32 Å². The molecular weight excluding hydrogens is 256 g/mol. The van der Waals surface area contributed by atoms with Gasteiger partial charge >= 0.3 is 0 Å². The van der Waals surface area contributed by atoms with E-state index in [1.54, 1.807) is 0 Å². The van der Waals surface area contributed by atoms with Crippen LogP contribution in [0.4, 0.5) is 0 Å². The van der Waals surface area contributed by atoms with Gasteiger partial charge in [-0.05, 0) is 44.2 Å². The summed E-state index contributed by atoms with van der Waals surface area (Å²) in [5.41, 5.74) is 4.20. The first-order valence-corrected chi connectivity index (χ1v) is 8.44. The number of fused-ring (bicyclic) bond motifs is 1. The highest BCUT2D eigenvalue weighted by atomic mass is 15.0. The molecule has 2 heteroatoms. The molecule has 1 N–H and O–H groups in total. The van der Waals surface area contributed by atoms with Gasteiger partial charge in [-0.1, -0.05) is 37.5 Å². The number of hydrogen-bond acceptors (Lipinski definition) is 1. The van der Waals surface area contributed by atoms with Crippen molar-refractivity contribution in [1.82, 2.24) is 9.88 Å². The number of aromatic nitrogens is 1. The predicted molar refractivity (Wildman–Crippen MR) is 90.5 cm³/mol. The molecule has 1 aliphatic carbocycles. The van der Waals surface area contributed by atoms with Gasteiger partial charge < -0.3 is 9.88 Å². The first kappa shape index (κ1) is 14.6. The minimum Gasteiger partial charge on any atom is -0.346 e. The molecule has 1 atom stereocenters. The van der Waals surface area contributed by atoms with Crippen molar-refractivity contribution in [3.05, 3.63) is 35.5 Å². The molecule has 1 heterocycles. The van der Waals surface area contributed by atoms with Gasteiger partial charge in [0.15, 0.2) is 0 Å². The summed E-state index contributed by atoms with van der Waals surface area (Å²) in [5.74, 6) is 0.869. The van der Waals surface area contributed by atoms with E-state index < -0.39 is 0 Å². The Morgan fingerprint density at radius 2 is 1.90 bits per heavy atom. The number of nitrogens with zero attached hydrogens (tertiary/aromatic N) is 1. The van der Waals surface area contributed by atoms with Crippen molar-refractivity contribution in [3.63, 3.8) is 0 Å². The van der Waals surface area contributed by atoms with Crippen LogP contribution in [0.25, 0.3) is 10.9 Å². The number of hydrogen-bond donors (Lipinski definition) is 1. The lowest BCUT2D eigenvalue weighted by Crippen LogP contribution is -2.34. The quantitative estimate of drug-likeness (QED) is 0.872. The molecule has 1 aromatic heterocycles. The lowest BCUT2D eigenvalue weighted by Gasteiger charge is -2.28. The normalized spacial score (nSPS) is 18.2. The number of para-hydroxylation sites is 1. The number of aryl methyl sites for hydroxylation is 2. The molecule has 0 unspecified atom stereocenters. The van der Waals surface area contributed by atoms with Gasteiger partial charge in [0.25, 0.3) is 0 Å². The minimum atomic E-state index is 0.628. The summed E-state index contributed by atoms with van der Waals surface area (Å²) in [7, 11) is 2.19. The van der Waals surface area contributed by atoms with Gasteiger partial charge in [0.2, 0.25) is 0 Å². The third-order valence-corrected chi connectivity index (χ3v) is 5.46. The van der Waals surface area contributed by atoms with Crippen LogP contribution in [0, 0.1) is 12.8 Å². The largest absolute Gasteiger partial charge is 0.346 e. The molecule has 1 fully saturated rings. The van der Waals surface area contributed by atoms with E-state index in [2.05, 4.69) is 55.0 Å². The van der Waals surface area contributed by atoms with E-state index in [-0.39, 0.29) is 0 Å². The highest BCUT2D eigenvalue weighted by molar-refractivity contribution is 5.85. The SMILES string of the molecule is Cc1c(CN[C@@H](C)C2CCCCC2)n(C)c2ccccc12. The molecule has 0 aliphatic heterocycles. The van der Waals surface area contributed by atoms with Crippen molar-refractivity contribution in [2.45, 2.75) is 58.5 Å². The molecule has 21 heavy (non-hydrogen) atoms. The zero-order valence-corrected chi connectivity index (χ0v) is 13.7. The Hall–Kier alpha value is -1.28. The summed E-state index contributed by atoms with van der Waals surface area (Å²) in [4.78, 5) is 0. The molecule has 3 rings (SSSR count). The summed E-state index contributed by atoms with van der Waals surface area (Å²) in [6.45, 7) is 5.60. The number of nitrogens with one attached hydrogen (secondary N) is 1. The molecule has 1 aromatic carbocycles. The average molecular weight is 284 g/mol. The van der Waals surface area contributed by atoms with E-state index in [0.29, 0.717) is 6.04 Å². The van der Waals surface area contributed by atoms with E-state index in [4.69, 9.17) is 0 Å². The van der Waals surface area contributed by atoms with Crippen LogP contribution in [-0.4, -0.2) is 10.6 Å². The Labute approximate surface area is 128 Å². The zero-order chi connectivity index (χ0) is 14.8. The Kier molecular flexibility index (Phi) is 4.34. The Morgan fingerprint density at radius 1 is 1.19 bits per heavy atom. The van der Waals surface area contributed by atoms with E-state index in [9.17, 15) is 0 Å². The van der Waals surface area contributed by atoms with E-state index in [1.807, 2.05) is 0 Å². The second-order valence-corrected chi connectivity index (χ2v) is 6.72. The smallest absolute Gasteiger partial charge is 0.0483 e. The summed E-state index contributed by atoms with van der Waals surface area (Å²) in [5, 5.41) is 5.18. The van der Waals surface area contributed by atoms with Crippen LogP contribution >= 0.6 is 0 Å². The fraction of sp³-hybridized carbons (Fsp3) is 0.579. The van der Waals surface area contributed by atoms with E-state index in [1.165, 1.54) is 54.3 Å². The maximum absolute atomic E-state index is 3.79. The van der Waals surface area contributed by atoms with Crippen molar-refractivity contribution >= 4 is 10.9 Å². The Morgan fingerprint density at radius 3 is 2.62 bits per heavy atom. The van der Waals surface area contributed by atoms with Crippen LogP contribution in [0.1, 0.15) is 50.3 Å². The van der Waals surface area contributed by atoms with Crippen molar-refractivity contribution in [2.75, 3.05) is 0 Å². The fourth-order valence-electron chi connectivity index (χ4n) is 3.95. The molecule has 1 saturated carbocycles. The van der Waals surface area contributed by atoms with E-state index >= 15 is 0 Å². The number of benzene rings is 1. The third-order valence-electron chi connectivity index (χ3n) is 5.46. The van der Waals surface area contributed by atoms with Crippen LogP contribution in [0.2, 0.25) is 0 Å². The molecular formula is C19H28N2. The zero-order valence-electron chi connectivity index (χ0n) is 13.7. The Bertz CT molecular complexity index is 566. The molecule has 114 valence electrons. The third kappa shape index (κ3) is 2.87. The molecule has 2 nitrogen and oxygen atoms in total. The van der Waals surface area contributed by atoms with Gasteiger partial charge in [0.05, 0.1) is 0 Å². The van der Waals surface area contributed by atoms with Crippen LogP contribution in [0.3, 0.4) is 0 Å². The first-order chi connectivity index (χ1) is 10.2. The van der Waals surface area contributed by atoms with Crippen molar-refractivity contribution in [2.24, 2.45) is 13.0 Å². The highest BCUT2D eigenvalue weighted by Crippen LogP contribution is 2.27. The van der Waals surface area contributed by atoms with Gasteiger partial charge in [-0.25, -0.2) is 0 Å². The van der Waals surface area contributed by atoms with Gasteiger partial charge in [-0.3, -0.25) is 0 Å². The van der Waals surface area contributed by atoms with Crippen molar-refractivity contribution in [1.29, 1.82) is 0 Å². The average Bonchev–Trinajstić information content (AvgIpc) is 2.78. The van der Waals surface area contributed by atoms with Gasteiger partial charge in [-0.15, -0.1) is 0 Å². The second kappa shape index (κ2) is 6.23.